The van der Waals surface area contributed by atoms with E-state index in [1.165, 1.54) is 102 Å². The highest BCUT2D eigenvalue weighted by molar-refractivity contribution is 9.11. The van der Waals surface area contributed by atoms with Crippen molar-refractivity contribution in [3.8, 4) is 12.3 Å². The van der Waals surface area contributed by atoms with Crippen molar-refractivity contribution in [3.05, 3.63) is 105 Å². The monoisotopic (exact) mass is 1400 g/mol. The molecule has 10 nitrogen and oxygen atoms in total. The molecule has 7 aliphatic carbocycles. The van der Waals surface area contributed by atoms with Gasteiger partial charge in [0.05, 0.1) is 24.4 Å². The fraction of sp³-hybridized carbons (Fsp3) is 0.693. The topological polar surface area (TPSA) is 149 Å². The van der Waals surface area contributed by atoms with E-state index in [1.54, 1.807) is 17.4 Å². The molecule has 10 aliphatic rings. The molecule has 3 aliphatic heterocycles. The second-order valence-corrected chi connectivity index (χ2v) is 29.9. The molecule has 7 saturated carbocycles. The molecule has 8 fully saturated rings. The van der Waals surface area contributed by atoms with Gasteiger partial charge in [0.1, 0.15) is 18.3 Å². The normalized spacial score (nSPS) is 37.4. The van der Waals surface area contributed by atoms with Crippen LogP contribution in [-0.4, -0.2) is 89.9 Å². The number of aliphatic hydroxyl groups is 3. The van der Waals surface area contributed by atoms with Crippen LogP contribution in [0.15, 0.2) is 105 Å². The van der Waals surface area contributed by atoms with E-state index in [1.807, 2.05) is 26.0 Å². The maximum atomic E-state index is 11.7. The number of rotatable bonds is 17. The van der Waals surface area contributed by atoms with Crippen LogP contribution in [0, 0.1) is 81.8 Å². The number of cyclic esters (lactones) is 3. The Balaban J connectivity index is 0.000000198. The fourth-order valence-electron chi connectivity index (χ4n) is 18.6. The van der Waals surface area contributed by atoms with E-state index in [2.05, 4.69) is 139 Å². The molecule has 3 heterocycles. The van der Waals surface area contributed by atoms with Gasteiger partial charge in [-0.15, -0.1) is 18.9 Å². The van der Waals surface area contributed by atoms with Gasteiger partial charge in [-0.1, -0.05) is 122 Å². The van der Waals surface area contributed by atoms with E-state index in [4.69, 9.17) is 27.6 Å². The van der Waals surface area contributed by atoms with Gasteiger partial charge in [0, 0.05) is 50.0 Å². The minimum atomic E-state index is -0.635. The Bertz CT molecular complexity index is 2750. The minimum absolute atomic E-state index is 0.0000665. The number of aliphatic hydroxyl groups excluding tert-OH is 3. The third-order valence-corrected chi connectivity index (χ3v) is 24.5. The lowest BCUT2D eigenvalue weighted by Crippen LogP contribution is -2.36. The number of halogens is 2. The summed E-state index contributed by atoms with van der Waals surface area (Å²) in [4.78, 5) is 39.2. The number of carbonyl (C=O) groups is 3. The summed E-state index contributed by atoms with van der Waals surface area (Å²) in [5.74, 6) is 7.91. The predicted molar refractivity (Wildman–Crippen MR) is 375 cm³/mol. The molecule has 496 valence electrons. The largest absolute Gasteiger partial charge is 0.459 e. The lowest BCUT2D eigenvalue weighted by Gasteiger charge is -2.44. The average molecular weight is 1400 g/mol. The van der Waals surface area contributed by atoms with E-state index in [0.717, 1.165) is 90.1 Å². The minimum Gasteiger partial charge on any atom is -0.459 e. The van der Waals surface area contributed by atoms with Gasteiger partial charge < -0.3 is 33.7 Å². The number of fused-ring (bicyclic) bond motifs is 3. The van der Waals surface area contributed by atoms with Gasteiger partial charge in [-0.3, -0.25) is 0 Å². The summed E-state index contributed by atoms with van der Waals surface area (Å²) in [6.07, 6.45) is 39.8. The van der Waals surface area contributed by atoms with Crippen molar-refractivity contribution in [2.45, 2.75) is 246 Å². The Morgan fingerprint density at radius 2 is 1.22 bits per heavy atom. The molecule has 0 spiro atoms. The van der Waals surface area contributed by atoms with Gasteiger partial charge in [0.2, 0.25) is 1.43 Å². The summed E-state index contributed by atoms with van der Waals surface area (Å²) >= 11 is 11.7. The zero-order valence-electron chi connectivity index (χ0n) is 57.2. The third kappa shape index (κ3) is 18.5. The summed E-state index contributed by atoms with van der Waals surface area (Å²) in [5, 5.41) is 24.6. The molecule has 0 aromatic rings. The maximum absolute atomic E-state index is 11.7. The molecule has 10 rings (SSSR count). The fourth-order valence-corrected chi connectivity index (χ4v) is 20.0. The molecule has 0 radical (unpaired) electrons. The Kier molecular flexibility index (Phi) is 27.9. The van der Waals surface area contributed by atoms with Crippen molar-refractivity contribution in [3.63, 3.8) is 0 Å². The van der Waals surface area contributed by atoms with Crippen LogP contribution < -0.4 is 0 Å². The van der Waals surface area contributed by atoms with Gasteiger partial charge in [-0.25, -0.2) is 14.4 Å². The lowest BCUT2D eigenvalue weighted by atomic mass is 9.60. The van der Waals surface area contributed by atoms with Gasteiger partial charge in [0.25, 0.3) is 0 Å². The summed E-state index contributed by atoms with van der Waals surface area (Å²) in [7, 11) is 0. The third-order valence-electron chi connectivity index (χ3n) is 22.9. The molecular weight excluding hydrogens is 1280 g/mol. The zero-order valence-corrected chi connectivity index (χ0v) is 60.1. The van der Waals surface area contributed by atoms with Crippen LogP contribution >= 0.6 is 56.5 Å². The number of ether oxygens (including phenoxy) is 3. The highest BCUT2D eigenvalue weighted by Crippen LogP contribution is 2.63. The molecule has 3 unspecified atom stereocenters. The van der Waals surface area contributed by atoms with Crippen molar-refractivity contribution in [2.24, 2.45) is 69.5 Å². The van der Waals surface area contributed by atoms with Crippen molar-refractivity contribution in [2.75, 3.05) is 12.5 Å². The Hall–Kier alpha value is -2.87. The van der Waals surface area contributed by atoms with Gasteiger partial charge >= 0.3 is 17.9 Å². The van der Waals surface area contributed by atoms with Gasteiger partial charge in [-0.05, 0) is 257 Å². The quantitative estimate of drug-likeness (QED) is 0.0210. The summed E-state index contributed by atoms with van der Waals surface area (Å²) < 4.78 is 35.3. The van der Waals surface area contributed by atoms with E-state index >= 15 is 0 Å². The van der Waals surface area contributed by atoms with Crippen LogP contribution in [-0.2, 0) is 32.8 Å². The van der Waals surface area contributed by atoms with Crippen molar-refractivity contribution in [1.29, 1.82) is 1.43 Å². The summed E-state index contributed by atoms with van der Waals surface area (Å²) in [5.41, 5.74) is 9.79. The van der Waals surface area contributed by atoms with Crippen LogP contribution in [0.2, 0.25) is 0 Å². The number of thiol groups is 1. The molecule has 0 aromatic carbocycles. The number of carbonyl (C=O) groups excluding carboxylic acids is 3. The first-order valence-electron chi connectivity index (χ1n) is 34.4. The Labute approximate surface area is 566 Å². The second-order valence-electron chi connectivity index (χ2n) is 28.5. The van der Waals surface area contributed by atoms with Crippen LogP contribution in [0.25, 0.3) is 0 Å². The zero-order chi connectivity index (χ0) is 67.0. The molecular formula is C75H110Br2O10S2. The van der Waals surface area contributed by atoms with Crippen molar-refractivity contribution in [1.82, 2.24) is 0 Å². The van der Waals surface area contributed by atoms with Crippen molar-refractivity contribution >= 4 is 74.4 Å². The standard InChI is InChI=1S/C27H38O4.2C19H27BrO2.C9H14O2S.CH4S/c1-16(12-22-13-17(2)26(30)31-22)23-9-10-24-19(6-5-11-27(23,24)4)7-8-20-14-21(28)15-25(29)18(20)3;2*1-12(9-15-10-13(2)18(21)22-15)16-6-7-17-14(11-20)5-4-8-19(16,17)3;1-4-6-9(11-12-3)7-8(10)5-2;1-2/h7-8,13,16,21-25,28-29H,3,5-6,9-12,14-15H2,1-2,4H3;10-12,15-17H,4-9H2,1-3H3;11-12,15-17H,2,4-10H2,1,3H3;1,5,8-10H,2,6-7H2,3H3;2H,1H3/b19-7+,20-8-;2*14-11+;;/t16-,21-,22+,23-,24?,25+,27-;2*12-,15+,16-,17?,19-;8-,9-;/m1111./s1/i;;;3T,10T;. The number of hydrogen-bond acceptors (Lipinski definition) is 12. The first-order chi connectivity index (χ1) is 43.4. The van der Waals surface area contributed by atoms with Crippen LogP contribution in [0.3, 0.4) is 0 Å². The second kappa shape index (κ2) is 34.5. The number of terminal acetylenes is 1. The van der Waals surface area contributed by atoms with Crippen LogP contribution in [0.4, 0.5) is 0 Å². The highest BCUT2D eigenvalue weighted by atomic mass is 79.9. The molecule has 0 aromatic heterocycles. The lowest BCUT2D eigenvalue weighted by molar-refractivity contribution is -0.141. The maximum Gasteiger partial charge on any atom is 0.334 e. The number of hydrogen-bond donors (Lipinski definition) is 4. The molecule has 14 heteroatoms. The van der Waals surface area contributed by atoms with Crippen LogP contribution in [0.1, 0.15) is 204 Å². The van der Waals surface area contributed by atoms with E-state index in [9.17, 15) is 24.6 Å². The van der Waals surface area contributed by atoms with E-state index < -0.39 is 12.2 Å². The molecule has 19 atom stereocenters. The van der Waals surface area contributed by atoms with Gasteiger partial charge in [-0.2, -0.15) is 12.6 Å². The number of allylic oxidation sites excluding steroid dienone is 5. The van der Waals surface area contributed by atoms with Crippen LogP contribution in [0.5, 0.6) is 0 Å². The molecule has 3 N–H and O–H groups in total. The van der Waals surface area contributed by atoms with Crippen molar-refractivity contribution < 1.29 is 49.5 Å². The first-order valence-corrected chi connectivity index (χ1v) is 36.9. The predicted octanol–water partition coefficient (Wildman–Crippen LogP) is 17.9. The summed E-state index contributed by atoms with van der Waals surface area (Å²) in [6, 6.07) is 0. The summed E-state index contributed by atoms with van der Waals surface area (Å²) in [6.45, 7) is 29.6. The van der Waals surface area contributed by atoms with E-state index in [0.29, 0.717) is 71.7 Å². The van der Waals surface area contributed by atoms with E-state index in [-0.39, 0.29) is 60.1 Å². The first kappa shape index (κ1) is 72.0. The molecule has 1 saturated heterocycles. The molecule has 0 amide bonds. The molecule has 0 bridgehead atoms. The smallest absolute Gasteiger partial charge is 0.334 e. The Morgan fingerprint density at radius 3 is 1.63 bits per heavy atom. The Morgan fingerprint density at radius 1 is 0.753 bits per heavy atom. The van der Waals surface area contributed by atoms with Gasteiger partial charge in [0.15, 0.2) is 0 Å². The highest BCUT2D eigenvalue weighted by Gasteiger charge is 2.54. The number of esters is 3. The SMILES string of the molecule is C=C1/C(=C\C=C2/CCC[C@@]3(C)C2CC[C@@H]3[C@H](C)C[C@H]2C=C(C)C(=O)O2)C[C@@H](O)C[C@@H]1O.C=C1C[C@H](C[C@@H](C)[C@H]2CCC3/C(=C/Br)CCC[C@@]32C)OC1=O.CC1=C[C@H](C[C@@H](C)[C@H]2CCC3/C(=C/Br)CCC[C@@]32C)OC1=O.CS.[3H]CSO[C@H](CC#C)C[C@@H](C=C)O[3H]. The average Bonchev–Trinajstić information content (AvgIpc) is 1.74. The molecule has 89 heavy (non-hydrogen) atoms.